The van der Waals surface area contributed by atoms with Crippen molar-refractivity contribution in [3.8, 4) is 0 Å². The van der Waals surface area contributed by atoms with E-state index in [1.165, 1.54) is 0 Å². The van der Waals surface area contributed by atoms with Gasteiger partial charge in [-0.05, 0) is 13.0 Å². The van der Waals surface area contributed by atoms with Crippen LogP contribution in [0.25, 0.3) is 10.9 Å². The molecule has 0 bridgehead atoms. The summed E-state index contributed by atoms with van der Waals surface area (Å²) in [5.41, 5.74) is 1.93. The molecular weight excluding hydrogens is 149 g/mol. The van der Waals surface area contributed by atoms with E-state index in [4.69, 9.17) is 0 Å². The van der Waals surface area contributed by atoms with Crippen molar-refractivity contribution in [2.75, 3.05) is 0 Å². The van der Waals surface area contributed by atoms with E-state index in [0.29, 0.717) is 0 Å². The molecule has 0 aromatic carbocycles. The van der Waals surface area contributed by atoms with Crippen LogP contribution >= 0.6 is 0 Å². The van der Waals surface area contributed by atoms with Gasteiger partial charge >= 0.3 is 0 Å². The molecule has 0 amide bonds. The second-order valence-electron chi connectivity index (χ2n) is 2.75. The molecule has 0 aliphatic rings. The van der Waals surface area contributed by atoms with Crippen LogP contribution in [0.4, 0.5) is 0 Å². The van der Waals surface area contributed by atoms with E-state index >= 15 is 0 Å². The number of pyridine rings is 1. The Kier molecular flexibility index (Phi) is 1.53. The fraction of sp³-hybridized carbons (Fsp3) is 0.125. The zero-order valence-electron chi connectivity index (χ0n) is 7.07. The molecule has 0 atom stereocenters. The molecule has 12 heavy (non-hydrogen) atoms. The number of rotatable bonds is 0. The van der Waals surface area contributed by atoms with Crippen molar-refractivity contribution in [1.29, 1.82) is 0 Å². The second-order valence-corrected chi connectivity index (χ2v) is 2.75. The van der Waals surface area contributed by atoms with Gasteiger partial charge in [-0.1, -0.05) is 0 Å². The van der Waals surface area contributed by atoms with E-state index in [9.17, 15) is 0 Å². The minimum absolute atomic E-state index is 0.799. The molecule has 58 valence electrons. The average Bonchev–Trinajstić information content (AvgIpc) is 2.04. The molecule has 0 aliphatic heterocycles. The summed E-state index contributed by atoms with van der Waals surface area (Å²) in [4.78, 5) is 12.5. The molecule has 0 N–H and O–H groups in total. The highest BCUT2D eigenvalue weighted by molar-refractivity contribution is 6.36. The van der Waals surface area contributed by atoms with Crippen molar-refractivity contribution >= 4 is 24.3 Å². The summed E-state index contributed by atoms with van der Waals surface area (Å²) in [7, 11) is 1.98. The van der Waals surface area contributed by atoms with Gasteiger partial charge in [-0.25, -0.2) is 9.97 Å². The zero-order chi connectivity index (χ0) is 8.55. The Morgan fingerprint density at radius 2 is 2.17 bits per heavy atom. The van der Waals surface area contributed by atoms with E-state index in [1.807, 2.05) is 20.8 Å². The molecule has 2 aromatic rings. The third kappa shape index (κ3) is 1.05. The number of hydrogen-bond donors (Lipinski definition) is 0. The quantitative estimate of drug-likeness (QED) is 0.488. The zero-order valence-corrected chi connectivity index (χ0v) is 7.07. The van der Waals surface area contributed by atoms with Gasteiger partial charge in [0.15, 0.2) is 7.85 Å². The summed E-state index contributed by atoms with van der Waals surface area (Å²) >= 11 is 0. The van der Waals surface area contributed by atoms with Gasteiger partial charge < -0.3 is 0 Å². The van der Waals surface area contributed by atoms with E-state index in [2.05, 4.69) is 15.0 Å². The molecule has 2 aromatic heterocycles. The van der Waals surface area contributed by atoms with E-state index in [1.54, 1.807) is 12.4 Å². The molecule has 0 saturated carbocycles. The smallest absolute Gasteiger partial charge is 0.164 e. The third-order valence-corrected chi connectivity index (χ3v) is 1.80. The molecule has 3 nitrogen and oxygen atoms in total. The van der Waals surface area contributed by atoms with Crippen LogP contribution in [-0.4, -0.2) is 22.8 Å². The Hall–Kier alpha value is -1.45. The van der Waals surface area contributed by atoms with E-state index in [0.717, 1.165) is 22.3 Å². The average molecular weight is 157 g/mol. The van der Waals surface area contributed by atoms with Gasteiger partial charge in [0.2, 0.25) is 0 Å². The molecule has 2 rings (SSSR count). The number of nitrogens with zero attached hydrogens (tertiary/aromatic N) is 3. The van der Waals surface area contributed by atoms with Crippen LogP contribution in [0.5, 0.6) is 0 Å². The molecule has 4 heteroatoms. The summed E-state index contributed by atoms with van der Waals surface area (Å²) in [6.07, 6.45) is 3.52. The van der Waals surface area contributed by atoms with Crippen LogP contribution in [0.15, 0.2) is 18.5 Å². The maximum atomic E-state index is 4.26. The first-order valence-electron chi connectivity index (χ1n) is 3.82. The largest absolute Gasteiger partial charge is 0.262 e. The van der Waals surface area contributed by atoms with Gasteiger partial charge in [-0.2, -0.15) is 0 Å². The molecule has 0 unspecified atom stereocenters. The van der Waals surface area contributed by atoms with Gasteiger partial charge in [0, 0.05) is 17.2 Å². The lowest BCUT2D eigenvalue weighted by atomic mass is 10.00. The first-order valence-corrected chi connectivity index (χ1v) is 3.82. The number of hydrogen-bond acceptors (Lipinski definition) is 3. The summed E-state index contributed by atoms with van der Waals surface area (Å²) in [5, 5.41) is 1.08. The summed E-state index contributed by atoms with van der Waals surface area (Å²) in [6, 6.07) is 1.93. The van der Waals surface area contributed by atoms with Crippen LogP contribution in [0.3, 0.4) is 0 Å². The van der Waals surface area contributed by atoms with Crippen LogP contribution in [0.1, 0.15) is 5.82 Å². The maximum absolute atomic E-state index is 4.26. The molecular formula is C8H8BN3. The van der Waals surface area contributed by atoms with Crippen molar-refractivity contribution in [2.45, 2.75) is 6.92 Å². The van der Waals surface area contributed by atoms with Crippen LogP contribution in [0, 0.1) is 6.92 Å². The normalized spacial score (nSPS) is 10.4. The van der Waals surface area contributed by atoms with Crippen LogP contribution in [-0.2, 0) is 0 Å². The van der Waals surface area contributed by atoms with Gasteiger partial charge in [0.1, 0.15) is 5.82 Å². The third-order valence-electron chi connectivity index (χ3n) is 1.80. The van der Waals surface area contributed by atoms with Crippen molar-refractivity contribution in [3.05, 3.63) is 24.3 Å². The van der Waals surface area contributed by atoms with Crippen molar-refractivity contribution in [3.63, 3.8) is 0 Å². The first-order chi connectivity index (χ1) is 5.77. The summed E-state index contributed by atoms with van der Waals surface area (Å²) < 4.78 is 0. The summed E-state index contributed by atoms with van der Waals surface area (Å²) in [5.74, 6) is 0.799. The lowest BCUT2D eigenvalue weighted by molar-refractivity contribution is 1.11. The van der Waals surface area contributed by atoms with Crippen molar-refractivity contribution in [2.24, 2.45) is 0 Å². The number of aryl methyl sites for hydroxylation is 1. The molecule has 2 heterocycles. The van der Waals surface area contributed by atoms with Gasteiger partial charge in [-0.15, -0.1) is 0 Å². The lowest BCUT2D eigenvalue weighted by Gasteiger charge is -2.00. The Morgan fingerprint density at radius 1 is 1.33 bits per heavy atom. The van der Waals surface area contributed by atoms with Crippen LogP contribution < -0.4 is 5.59 Å². The molecule has 0 radical (unpaired) electrons. The summed E-state index contributed by atoms with van der Waals surface area (Å²) in [6.45, 7) is 1.89. The van der Waals surface area contributed by atoms with Gasteiger partial charge in [0.25, 0.3) is 0 Å². The minimum Gasteiger partial charge on any atom is -0.262 e. The van der Waals surface area contributed by atoms with Crippen molar-refractivity contribution < 1.29 is 0 Å². The highest BCUT2D eigenvalue weighted by atomic mass is 14.9. The first kappa shape index (κ1) is 7.22. The molecule has 0 spiro atoms. The van der Waals surface area contributed by atoms with Gasteiger partial charge in [-0.3, -0.25) is 4.98 Å². The Labute approximate surface area is 71.3 Å². The molecule has 0 saturated heterocycles. The number of fused-ring (bicyclic) bond motifs is 1. The molecule has 0 fully saturated rings. The maximum Gasteiger partial charge on any atom is 0.164 e. The fourth-order valence-electron chi connectivity index (χ4n) is 1.28. The van der Waals surface area contributed by atoms with Gasteiger partial charge in [0.05, 0.1) is 11.7 Å². The van der Waals surface area contributed by atoms with Crippen molar-refractivity contribution in [1.82, 2.24) is 15.0 Å². The second kappa shape index (κ2) is 2.55. The number of aromatic nitrogens is 3. The SMILES string of the molecule is Bc1nc(C)nc2cnccc12. The topological polar surface area (TPSA) is 38.7 Å². The Bertz CT molecular complexity index is 428. The predicted molar refractivity (Wildman–Crippen MR) is 50.2 cm³/mol. The minimum atomic E-state index is 0.799. The van der Waals surface area contributed by atoms with Crippen LogP contribution in [0.2, 0.25) is 0 Å². The van der Waals surface area contributed by atoms with E-state index < -0.39 is 0 Å². The van der Waals surface area contributed by atoms with E-state index in [-0.39, 0.29) is 0 Å². The standard InChI is InChI=1S/C8H8BN3/c1-5-11-7-4-10-3-2-6(7)8(9)12-5/h2-4H,9H2,1H3. The fourth-order valence-corrected chi connectivity index (χ4v) is 1.28. The highest BCUT2D eigenvalue weighted by Crippen LogP contribution is 2.04. The Morgan fingerprint density at radius 3 is 3.00 bits per heavy atom. The molecule has 0 aliphatic carbocycles. The predicted octanol–water partition coefficient (Wildman–Crippen LogP) is -0.408. The monoisotopic (exact) mass is 157 g/mol. The Balaban J connectivity index is 2.89. The lowest BCUT2D eigenvalue weighted by Crippen LogP contribution is -2.12. The highest BCUT2D eigenvalue weighted by Gasteiger charge is 1.99.